The van der Waals surface area contributed by atoms with Crippen molar-refractivity contribution in [3.63, 3.8) is 0 Å². The maximum absolute atomic E-state index is 12.2. The number of amides is 1. The zero-order chi connectivity index (χ0) is 18.7. The summed E-state index contributed by atoms with van der Waals surface area (Å²) >= 11 is 1.33. The molecule has 1 aromatic heterocycles. The van der Waals surface area contributed by atoms with Crippen LogP contribution in [0.4, 0.5) is 11.6 Å². The van der Waals surface area contributed by atoms with E-state index in [1.54, 1.807) is 6.08 Å². The summed E-state index contributed by atoms with van der Waals surface area (Å²) in [5.41, 5.74) is 3.14. The number of furan rings is 1. The number of nitrogens with one attached hydrogen (secondary N) is 1. The highest BCUT2D eigenvalue weighted by molar-refractivity contribution is 8.18. The number of aliphatic imine (C=N–C) groups is 1. The first-order chi connectivity index (χ1) is 12.5. The first kappa shape index (κ1) is 18.3. The first-order valence-electron chi connectivity index (χ1n) is 8.71. The molecule has 0 radical (unpaired) electrons. The molecular weight excluding hydrogens is 346 g/mol. The minimum absolute atomic E-state index is 0.154. The molecule has 0 saturated carbocycles. The number of aryl methyl sites for hydroxylation is 2. The fraction of sp³-hybridized carbons (Fsp3) is 0.300. The monoisotopic (exact) mass is 369 g/mol. The molecule has 26 heavy (non-hydrogen) atoms. The number of rotatable bonds is 5. The predicted octanol–water partition coefficient (Wildman–Crippen LogP) is 4.63. The summed E-state index contributed by atoms with van der Waals surface area (Å²) in [4.78, 5) is 19.5. The molecule has 1 amide bonds. The number of hydrogen-bond acceptors (Lipinski definition) is 5. The lowest BCUT2D eigenvalue weighted by Crippen LogP contribution is -2.20. The summed E-state index contributed by atoms with van der Waals surface area (Å²) in [5.74, 6) is 1.32. The number of amidine groups is 1. The van der Waals surface area contributed by atoms with E-state index in [1.165, 1.54) is 11.8 Å². The fourth-order valence-electron chi connectivity index (χ4n) is 2.87. The van der Waals surface area contributed by atoms with Gasteiger partial charge in [-0.3, -0.25) is 4.79 Å². The normalized spacial score (nSPS) is 17.2. The Morgan fingerprint density at radius 3 is 2.50 bits per heavy atom. The van der Waals surface area contributed by atoms with Gasteiger partial charge in [0.25, 0.3) is 5.91 Å². The minimum atomic E-state index is -0.154. The Hall–Kier alpha value is -2.47. The molecule has 0 unspecified atom stereocenters. The smallest absolute Gasteiger partial charge is 0.264 e. The van der Waals surface area contributed by atoms with E-state index in [0.29, 0.717) is 15.8 Å². The Bertz CT molecular complexity index is 859. The van der Waals surface area contributed by atoms with Crippen LogP contribution in [0.25, 0.3) is 6.08 Å². The molecule has 0 atom stereocenters. The van der Waals surface area contributed by atoms with E-state index in [1.807, 2.05) is 38.1 Å². The van der Waals surface area contributed by atoms with Gasteiger partial charge in [-0.2, -0.15) is 0 Å². The van der Waals surface area contributed by atoms with Gasteiger partial charge in [-0.25, -0.2) is 4.99 Å². The number of carbonyl (C=O) groups is 1. The minimum Gasteiger partial charge on any atom is -0.441 e. The lowest BCUT2D eigenvalue weighted by molar-refractivity contribution is -0.115. The summed E-state index contributed by atoms with van der Waals surface area (Å²) in [7, 11) is 0. The van der Waals surface area contributed by atoms with Crippen LogP contribution in [0, 0.1) is 13.8 Å². The Morgan fingerprint density at radius 2 is 1.85 bits per heavy atom. The molecule has 1 aliphatic rings. The maximum atomic E-state index is 12.2. The third-order valence-corrected chi connectivity index (χ3v) is 4.96. The highest BCUT2D eigenvalue weighted by Crippen LogP contribution is 2.30. The lowest BCUT2D eigenvalue weighted by atomic mass is 10.1. The molecular formula is C20H23N3O2S. The fourth-order valence-corrected chi connectivity index (χ4v) is 3.69. The number of hydrogen-bond donors (Lipinski definition) is 1. The topological polar surface area (TPSA) is 57.8 Å². The molecule has 0 spiro atoms. The van der Waals surface area contributed by atoms with Crippen LogP contribution in [0.5, 0.6) is 0 Å². The van der Waals surface area contributed by atoms with E-state index in [-0.39, 0.29) is 5.91 Å². The van der Waals surface area contributed by atoms with Crippen molar-refractivity contribution < 1.29 is 9.21 Å². The molecule has 3 rings (SSSR count). The van der Waals surface area contributed by atoms with Crippen molar-refractivity contribution in [1.29, 1.82) is 0 Å². The SMILES string of the molecule is CCN(CC)c1ccc(/C=C2\SC(=Nc3cc(C)cc(C)c3)NC2=O)o1. The van der Waals surface area contributed by atoms with E-state index in [9.17, 15) is 4.79 Å². The molecule has 1 aliphatic heterocycles. The van der Waals surface area contributed by atoms with Gasteiger partial charge in [0.2, 0.25) is 0 Å². The van der Waals surface area contributed by atoms with E-state index >= 15 is 0 Å². The van der Waals surface area contributed by atoms with Crippen LogP contribution >= 0.6 is 11.8 Å². The third-order valence-electron chi connectivity index (χ3n) is 4.05. The van der Waals surface area contributed by atoms with Crippen LogP contribution in [-0.2, 0) is 4.79 Å². The second kappa shape index (κ2) is 7.83. The number of carbonyl (C=O) groups excluding carboxylic acids is 1. The highest BCUT2D eigenvalue weighted by atomic mass is 32.2. The Labute approximate surface area is 158 Å². The zero-order valence-corrected chi connectivity index (χ0v) is 16.3. The van der Waals surface area contributed by atoms with Gasteiger partial charge >= 0.3 is 0 Å². The molecule has 136 valence electrons. The Balaban J connectivity index is 1.79. The van der Waals surface area contributed by atoms with Gasteiger partial charge in [0.1, 0.15) is 5.76 Å². The van der Waals surface area contributed by atoms with Gasteiger partial charge in [0, 0.05) is 25.2 Å². The van der Waals surface area contributed by atoms with Gasteiger partial charge in [-0.05, 0) is 68.8 Å². The van der Waals surface area contributed by atoms with Crippen molar-refractivity contribution in [1.82, 2.24) is 5.32 Å². The summed E-state index contributed by atoms with van der Waals surface area (Å²) in [6.45, 7) is 9.99. The molecule has 1 aromatic carbocycles. The maximum Gasteiger partial charge on any atom is 0.264 e. The van der Waals surface area contributed by atoms with Gasteiger partial charge in [-0.1, -0.05) is 6.07 Å². The molecule has 2 heterocycles. The van der Waals surface area contributed by atoms with Crippen molar-refractivity contribution in [2.75, 3.05) is 18.0 Å². The summed E-state index contributed by atoms with van der Waals surface area (Å²) in [6, 6.07) is 9.91. The average Bonchev–Trinajstić information content (AvgIpc) is 3.15. The van der Waals surface area contributed by atoms with Crippen molar-refractivity contribution in [2.45, 2.75) is 27.7 Å². The van der Waals surface area contributed by atoms with E-state index < -0.39 is 0 Å². The van der Waals surface area contributed by atoms with Gasteiger partial charge in [0.15, 0.2) is 11.1 Å². The number of nitrogens with zero attached hydrogens (tertiary/aromatic N) is 2. The molecule has 2 aromatic rings. The third kappa shape index (κ3) is 4.19. The van der Waals surface area contributed by atoms with E-state index in [2.05, 4.69) is 35.1 Å². The van der Waals surface area contributed by atoms with Gasteiger partial charge < -0.3 is 14.6 Å². The van der Waals surface area contributed by atoms with Crippen LogP contribution in [0.15, 0.2) is 44.6 Å². The van der Waals surface area contributed by atoms with Crippen LogP contribution in [0.1, 0.15) is 30.7 Å². The van der Waals surface area contributed by atoms with Crippen LogP contribution < -0.4 is 10.2 Å². The van der Waals surface area contributed by atoms with Crippen LogP contribution in [-0.4, -0.2) is 24.2 Å². The molecule has 6 heteroatoms. The van der Waals surface area contributed by atoms with Crippen molar-refractivity contribution in [2.24, 2.45) is 4.99 Å². The van der Waals surface area contributed by atoms with Crippen molar-refractivity contribution >= 4 is 40.5 Å². The predicted molar refractivity (Wildman–Crippen MR) is 109 cm³/mol. The van der Waals surface area contributed by atoms with Crippen LogP contribution in [0.2, 0.25) is 0 Å². The lowest BCUT2D eigenvalue weighted by Gasteiger charge is -2.16. The van der Waals surface area contributed by atoms with Gasteiger partial charge in [-0.15, -0.1) is 0 Å². The molecule has 1 saturated heterocycles. The van der Waals surface area contributed by atoms with Gasteiger partial charge in [0.05, 0.1) is 10.6 Å². The second-order valence-electron chi connectivity index (χ2n) is 6.18. The molecule has 1 fully saturated rings. The number of thioether (sulfide) groups is 1. The van der Waals surface area contributed by atoms with E-state index in [4.69, 9.17) is 4.42 Å². The van der Waals surface area contributed by atoms with Crippen molar-refractivity contribution in [3.8, 4) is 0 Å². The molecule has 0 aliphatic carbocycles. The average molecular weight is 369 g/mol. The molecule has 0 bridgehead atoms. The molecule has 1 N–H and O–H groups in total. The summed E-state index contributed by atoms with van der Waals surface area (Å²) < 4.78 is 5.84. The van der Waals surface area contributed by atoms with E-state index in [0.717, 1.165) is 35.8 Å². The largest absolute Gasteiger partial charge is 0.441 e. The quantitative estimate of drug-likeness (QED) is 0.781. The first-order valence-corrected chi connectivity index (χ1v) is 9.52. The Morgan fingerprint density at radius 1 is 1.15 bits per heavy atom. The summed E-state index contributed by atoms with van der Waals surface area (Å²) in [5, 5.41) is 3.40. The second-order valence-corrected chi connectivity index (χ2v) is 7.21. The number of benzene rings is 1. The summed E-state index contributed by atoms with van der Waals surface area (Å²) in [6.07, 6.45) is 1.76. The number of anilines is 1. The van der Waals surface area contributed by atoms with Crippen molar-refractivity contribution in [3.05, 3.63) is 52.1 Å². The zero-order valence-electron chi connectivity index (χ0n) is 15.5. The molecule has 5 nitrogen and oxygen atoms in total. The Kier molecular flexibility index (Phi) is 5.52. The van der Waals surface area contributed by atoms with Crippen LogP contribution in [0.3, 0.4) is 0 Å². The standard InChI is InChI=1S/C20H23N3O2S/c1-5-23(6-2)18-8-7-16(25-18)12-17-19(24)22-20(26-17)21-15-10-13(3)9-14(4)11-15/h7-12H,5-6H2,1-4H3,(H,21,22,24)/b17-12-. The highest BCUT2D eigenvalue weighted by Gasteiger charge is 2.24.